The smallest absolute Gasteiger partial charge is 0.323 e. The number of methoxy groups -OCH3 is 1. The van der Waals surface area contributed by atoms with Crippen LogP contribution in [0, 0.1) is 0 Å². The van der Waals surface area contributed by atoms with Crippen LogP contribution in [0.15, 0.2) is 16.7 Å². The van der Waals surface area contributed by atoms with Crippen molar-refractivity contribution in [1.82, 2.24) is 10.3 Å². The van der Waals surface area contributed by atoms with Crippen molar-refractivity contribution < 1.29 is 9.53 Å². The van der Waals surface area contributed by atoms with Gasteiger partial charge in [0.1, 0.15) is 10.4 Å². The van der Waals surface area contributed by atoms with E-state index in [-0.39, 0.29) is 6.03 Å². The van der Waals surface area contributed by atoms with Crippen LogP contribution in [0.1, 0.15) is 6.42 Å². The number of nitrogens with zero attached hydrogens (tertiary/aromatic N) is 2. The maximum absolute atomic E-state index is 11.6. The van der Waals surface area contributed by atoms with Gasteiger partial charge in [-0.3, -0.25) is 4.90 Å². The molecule has 6 heteroatoms. The first-order valence-corrected chi connectivity index (χ1v) is 5.77. The molecule has 0 unspecified atom stereocenters. The highest BCUT2D eigenvalue weighted by molar-refractivity contribution is 9.10. The number of halogens is 1. The number of rotatable bonds is 2. The molecule has 1 aliphatic rings. The fourth-order valence-electron chi connectivity index (χ4n) is 1.56. The van der Waals surface area contributed by atoms with Crippen molar-refractivity contribution in [2.24, 2.45) is 0 Å². The van der Waals surface area contributed by atoms with Gasteiger partial charge in [0.2, 0.25) is 0 Å². The molecule has 0 bridgehead atoms. The van der Waals surface area contributed by atoms with Crippen LogP contribution in [0.25, 0.3) is 0 Å². The molecular formula is C10H12BrN3O2. The fourth-order valence-corrected chi connectivity index (χ4v) is 2.04. The first-order chi connectivity index (χ1) is 7.72. The predicted octanol–water partition coefficient (Wildman–Crippen LogP) is 1.77. The van der Waals surface area contributed by atoms with E-state index in [2.05, 4.69) is 26.2 Å². The number of anilines is 1. The van der Waals surface area contributed by atoms with E-state index in [1.54, 1.807) is 24.1 Å². The molecule has 86 valence electrons. The third-order valence-corrected chi connectivity index (χ3v) is 2.94. The van der Waals surface area contributed by atoms with E-state index < -0.39 is 0 Å². The summed E-state index contributed by atoms with van der Waals surface area (Å²) in [5.41, 5.74) is 0. The number of urea groups is 1. The van der Waals surface area contributed by atoms with Crippen molar-refractivity contribution in [3.05, 3.63) is 16.7 Å². The second kappa shape index (κ2) is 4.69. The lowest BCUT2D eigenvalue weighted by Crippen LogP contribution is -2.46. The summed E-state index contributed by atoms with van der Waals surface area (Å²) in [7, 11) is 1.58. The van der Waals surface area contributed by atoms with Gasteiger partial charge in [0.25, 0.3) is 0 Å². The molecular weight excluding hydrogens is 274 g/mol. The van der Waals surface area contributed by atoms with Gasteiger partial charge < -0.3 is 10.1 Å². The third kappa shape index (κ3) is 2.11. The molecule has 2 rings (SSSR count). The molecule has 16 heavy (non-hydrogen) atoms. The maximum atomic E-state index is 11.6. The van der Waals surface area contributed by atoms with E-state index in [1.807, 2.05) is 0 Å². The quantitative estimate of drug-likeness (QED) is 0.843. The number of ether oxygens (including phenoxy) is 1. The molecule has 0 spiro atoms. The first kappa shape index (κ1) is 11.2. The van der Waals surface area contributed by atoms with Crippen LogP contribution in [-0.2, 0) is 0 Å². The van der Waals surface area contributed by atoms with Gasteiger partial charge in [0, 0.05) is 13.1 Å². The Labute approximate surface area is 102 Å². The van der Waals surface area contributed by atoms with Crippen molar-refractivity contribution in [2.75, 3.05) is 25.1 Å². The average Bonchev–Trinajstić information content (AvgIpc) is 2.29. The fraction of sp³-hybridized carbons (Fsp3) is 0.400. The monoisotopic (exact) mass is 285 g/mol. The molecule has 0 aromatic carbocycles. The lowest BCUT2D eigenvalue weighted by Gasteiger charge is -2.26. The summed E-state index contributed by atoms with van der Waals surface area (Å²) in [6.45, 7) is 1.42. The Morgan fingerprint density at radius 3 is 3.00 bits per heavy atom. The molecule has 1 saturated heterocycles. The first-order valence-electron chi connectivity index (χ1n) is 4.98. The van der Waals surface area contributed by atoms with E-state index in [9.17, 15) is 4.79 Å². The van der Waals surface area contributed by atoms with Gasteiger partial charge in [-0.2, -0.15) is 0 Å². The van der Waals surface area contributed by atoms with Gasteiger partial charge in [-0.05, 0) is 34.5 Å². The van der Waals surface area contributed by atoms with Gasteiger partial charge >= 0.3 is 6.03 Å². The van der Waals surface area contributed by atoms with Gasteiger partial charge in [-0.25, -0.2) is 9.78 Å². The normalized spacial score (nSPS) is 15.9. The molecule has 1 N–H and O–H groups in total. The molecule has 0 radical (unpaired) electrons. The number of aromatic nitrogens is 1. The number of pyridine rings is 1. The van der Waals surface area contributed by atoms with E-state index in [0.717, 1.165) is 13.0 Å². The Morgan fingerprint density at radius 1 is 1.56 bits per heavy atom. The van der Waals surface area contributed by atoms with Gasteiger partial charge in [-0.15, -0.1) is 0 Å². The Kier molecular flexibility index (Phi) is 3.28. The zero-order valence-corrected chi connectivity index (χ0v) is 10.5. The largest absolute Gasteiger partial charge is 0.494 e. The van der Waals surface area contributed by atoms with Crippen LogP contribution in [0.5, 0.6) is 5.75 Å². The molecule has 1 aromatic rings. The summed E-state index contributed by atoms with van der Waals surface area (Å²) in [5.74, 6) is 1.28. The second-order valence-electron chi connectivity index (χ2n) is 3.40. The Morgan fingerprint density at radius 2 is 2.38 bits per heavy atom. The number of carbonyl (C=O) groups is 1. The Hall–Kier alpha value is -1.30. The summed E-state index contributed by atoms with van der Waals surface area (Å²) < 4.78 is 5.69. The average molecular weight is 286 g/mol. The van der Waals surface area contributed by atoms with E-state index in [1.165, 1.54) is 0 Å². The number of hydrogen-bond donors (Lipinski definition) is 1. The molecule has 0 atom stereocenters. The van der Waals surface area contributed by atoms with Gasteiger partial charge in [0.05, 0.1) is 7.11 Å². The molecule has 0 saturated carbocycles. The molecule has 2 heterocycles. The lowest BCUT2D eigenvalue weighted by molar-refractivity contribution is 0.242. The Bertz CT molecular complexity index is 411. The molecule has 1 aliphatic heterocycles. The van der Waals surface area contributed by atoms with Crippen molar-refractivity contribution in [1.29, 1.82) is 0 Å². The molecule has 1 aromatic heterocycles. The minimum atomic E-state index is -0.101. The highest BCUT2D eigenvalue weighted by Crippen LogP contribution is 2.26. The van der Waals surface area contributed by atoms with E-state index in [0.29, 0.717) is 22.7 Å². The van der Waals surface area contributed by atoms with Crippen LogP contribution in [0.3, 0.4) is 0 Å². The van der Waals surface area contributed by atoms with E-state index in [4.69, 9.17) is 4.74 Å². The van der Waals surface area contributed by atoms with Crippen molar-refractivity contribution in [3.63, 3.8) is 0 Å². The molecule has 5 nitrogen and oxygen atoms in total. The van der Waals surface area contributed by atoms with Crippen LogP contribution in [0.4, 0.5) is 10.6 Å². The summed E-state index contributed by atoms with van der Waals surface area (Å²) in [6, 6.07) is 3.46. The zero-order chi connectivity index (χ0) is 11.5. The summed E-state index contributed by atoms with van der Waals surface area (Å²) in [6.07, 6.45) is 0.928. The number of amides is 2. The third-order valence-electron chi connectivity index (χ3n) is 2.38. The van der Waals surface area contributed by atoms with Gasteiger partial charge in [0.15, 0.2) is 5.75 Å². The highest BCUT2D eigenvalue weighted by atomic mass is 79.9. The van der Waals surface area contributed by atoms with Crippen LogP contribution < -0.4 is 15.0 Å². The van der Waals surface area contributed by atoms with E-state index >= 15 is 0 Å². The lowest BCUT2D eigenvalue weighted by atomic mass is 10.3. The Balaban J connectivity index is 2.26. The SMILES string of the molecule is COc1ccc(N2CCCNC2=O)nc1Br. The van der Waals surface area contributed by atoms with Crippen LogP contribution in [0.2, 0.25) is 0 Å². The molecule has 2 amide bonds. The number of carbonyl (C=O) groups excluding carboxylic acids is 1. The molecule has 1 fully saturated rings. The minimum absolute atomic E-state index is 0.101. The van der Waals surface area contributed by atoms with Crippen molar-refractivity contribution >= 4 is 27.8 Å². The number of hydrogen-bond acceptors (Lipinski definition) is 3. The topological polar surface area (TPSA) is 54.5 Å². The summed E-state index contributed by atoms with van der Waals surface area (Å²) in [4.78, 5) is 17.5. The molecule has 0 aliphatic carbocycles. The minimum Gasteiger partial charge on any atom is -0.494 e. The number of nitrogens with one attached hydrogen (secondary N) is 1. The maximum Gasteiger partial charge on any atom is 0.323 e. The highest BCUT2D eigenvalue weighted by Gasteiger charge is 2.20. The zero-order valence-electron chi connectivity index (χ0n) is 8.86. The standard InChI is InChI=1S/C10H12BrN3O2/c1-16-7-3-4-8(13-9(7)11)14-6-2-5-12-10(14)15/h3-4H,2,5-6H2,1H3,(H,12,15). The van der Waals surface area contributed by atoms with Gasteiger partial charge in [-0.1, -0.05) is 0 Å². The van der Waals surface area contributed by atoms with Crippen LogP contribution >= 0.6 is 15.9 Å². The summed E-state index contributed by atoms with van der Waals surface area (Å²) >= 11 is 3.30. The van der Waals surface area contributed by atoms with Crippen molar-refractivity contribution in [2.45, 2.75) is 6.42 Å². The second-order valence-corrected chi connectivity index (χ2v) is 4.15. The predicted molar refractivity (Wildman–Crippen MR) is 63.9 cm³/mol. The van der Waals surface area contributed by atoms with Crippen LogP contribution in [-0.4, -0.2) is 31.2 Å². The van der Waals surface area contributed by atoms with Crippen molar-refractivity contribution in [3.8, 4) is 5.75 Å². The summed E-state index contributed by atoms with van der Waals surface area (Å²) in [5, 5.41) is 2.78.